The summed E-state index contributed by atoms with van der Waals surface area (Å²) in [6.07, 6.45) is -4.28. The Bertz CT molecular complexity index is 2690. The molecule has 328 valence electrons. The Labute approximate surface area is 357 Å². The predicted octanol–water partition coefficient (Wildman–Crippen LogP) is 1.40. The molecule has 4 aliphatic heterocycles. The molecule has 0 bridgehead atoms. The van der Waals surface area contributed by atoms with Crippen molar-refractivity contribution in [3.05, 3.63) is 55.0 Å². The highest BCUT2D eigenvalue weighted by Gasteiger charge is 2.54. The van der Waals surface area contributed by atoms with Gasteiger partial charge < -0.3 is 24.6 Å². The lowest BCUT2D eigenvalue weighted by atomic mass is 10.1. The van der Waals surface area contributed by atoms with Crippen LogP contribution in [0.4, 0.5) is 14.6 Å². The van der Waals surface area contributed by atoms with Crippen molar-refractivity contribution in [2.75, 3.05) is 18.9 Å². The summed E-state index contributed by atoms with van der Waals surface area (Å²) in [5, 5.41) is 7.99. The van der Waals surface area contributed by atoms with E-state index in [0.717, 1.165) is 11.2 Å². The first-order chi connectivity index (χ1) is 29.6. The average molecular weight is 940 g/mol. The highest BCUT2D eigenvalue weighted by Crippen LogP contribution is 2.58. The molecule has 9 heterocycles. The molecule has 0 saturated carbocycles. The third-order valence-electron chi connectivity index (χ3n) is 10.2. The number of rotatable bonds is 10. The number of aryl methyl sites for hydroxylation is 1. The van der Waals surface area contributed by atoms with E-state index in [4.69, 9.17) is 45.1 Å². The quantitative estimate of drug-likeness (QED) is 0.101. The number of nitrogens with zero attached hydrogens (tertiary/aromatic N) is 12. The van der Waals surface area contributed by atoms with Crippen LogP contribution in [0.1, 0.15) is 36.7 Å². The SMILES string of the molecule is Nc1ncnc2c1ncn2[C@@H]1O[C@@H]2COP(O)(=S)O[C@H]3[C@@H](F)[C@H](n4cnc5c(CC(=O)CCCn6cc(CN7C(=O)C=CC7=O)nn6)ncnc54)O[C@@H]3COP(=O)(S)O[C@H]2[C@H]1F. The van der Waals surface area contributed by atoms with Crippen molar-refractivity contribution in [2.24, 2.45) is 0 Å². The van der Waals surface area contributed by atoms with Crippen LogP contribution in [0.5, 0.6) is 0 Å². The van der Waals surface area contributed by atoms with Gasteiger partial charge in [0.25, 0.3) is 11.8 Å². The van der Waals surface area contributed by atoms with E-state index in [1.54, 1.807) is 6.20 Å². The first-order valence-corrected chi connectivity index (χ1v) is 23.9. The molecular formula is C32H33F2N13O11P2S2. The van der Waals surface area contributed by atoms with E-state index in [1.165, 1.54) is 45.0 Å². The van der Waals surface area contributed by atoms with Crippen molar-refractivity contribution in [1.82, 2.24) is 58.9 Å². The van der Waals surface area contributed by atoms with E-state index in [0.29, 0.717) is 18.7 Å². The van der Waals surface area contributed by atoms with Gasteiger partial charge in [0.1, 0.15) is 59.6 Å². The van der Waals surface area contributed by atoms with E-state index >= 15 is 8.78 Å². The summed E-state index contributed by atoms with van der Waals surface area (Å²) < 4.78 is 84.4. The van der Waals surface area contributed by atoms with Gasteiger partial charge in [-0.15, -0.1) is 5.10 Å². The summed E-state index contributed by atoms with van der Waals surface area (Å²) in [6.45, 7) is -9.91. The molecule has 0 radical (unpaired) electrons. The van der Waals surface area contributed by atoms with Crippen molar-refractivity contribution in [3.63, 3.8) is 0 Å². The molecule has 4 aliphatic rings. The van der Waals surface area contributed by atoms with Gasteiger partial charge in [-0.2, -0.15) is 0 Å². The van der Waals surface area contributed by atoms with Crippen LogP contribution in [0.2, 0.25) is 0 Å². The van der Waals surface area contributed by atoms with Crippen molar-refractivity contribution < 1.29 is 60.2 Å². The number of amides is 2. The van der Waals surface area contributed by atoms with Crippen LogP contribution < -0.4 is 5.73 Å². The van der Waals surface area contributed by atoms with E-state index in [9.17, 15) is 23.8 Å². The zero-order valence-corrected chi connectivity index (χ0v) is 35.1. The van der Waals surface area contributed by atoms with Gasteiger partial charge in [-0.1, -0.05) is 17.5 Å². The fraction of sp³-hybridized carbons (Fsp3) is 0.469. The molecule has 62 heavy (non-hydrogen) atoms. The summed E-state index contributed by atoms with van der Waals surface area (Å²) in [4.78, 5) is 73.8. The molecule has 10 atom stereocenters. The lowest BCUT2D eigenvalue weighted by Gasteiger charge is -2.29. The number of alkyl halides is 2. The molecule has 5 aromatic heterocycles. The number of hydrogen-bond acceptors (Lipinski definition) is 20. The number of halogens is 2. The monoisotopic (exact) mass is 939 g/mol. The first-order valence-electron chi connectivity index (χ1n) is 18.6. The predicted molar refractivity (Wildman–Crippen MR) is 210 cm³/mol. The number of imide groups is 1. The van der Waals surface area contributed by atoms with Gasteiger partial charge in [-0.25, -0.2) is 43.2 Å². The number of aromatic nitrogens is 11. The van der Waals surface area contributed by atoms with E-state index in [1.807, 2.05) is 0 Å². The summed E-state index contributed by atoms with van der Waals surface area (Å²) >= 11 is 9.28. The van der Waals surface area contributed by atoms with Crippen molar-refractivity contribution in [3.8, 4) is 0 Å². The molecule has 2 amide bonds. The van der Waals surface area contributed by atoms with Gasteiger partial charge in [0.05, 0.1) is 50.7 Å². The van der Waals surface area contributed by atoms with Crippen molar-refractivity contribution >= 4 is 83.3 Å². The van der Waals surface area contributed by atoms with Crippen molar-refractivity contribution in [1.29, 1.82) is 0 Å². The van der Waals surface area contributed by atoms with Gasteiger partial charge >= 0.3 is 13.5 Å². The van der Waals surface area contributed by atoms with Gasteiger partial charge in [0.2, 0.25) is 0 Å². The largest absolute Gasteiger partial charge is 0.386 e. The second-order valence-electron chi connectivity index (χ2n) is 14.3. The molecule has 0 aliphatic carbocycles. The van der Waals surface area contributed by atoms with Crippen LogP contribution >= 0.6 is 25.8 Å². The third-order valence-corrected chi connectivity index (χ3v) is 13.4. The lowest BCUT2D eigenvalue weighted by molar-refractivity contribution is -0.137. The molecule has 3 fully saturated rings. The molecule has 2 unspecified atom stereocenters. The highest BCUT2D eigenvalue weighted by molar-refractivity contribution is 8.44. The Kier molecular flexibility index (Phi) is 11.6. The number of Topliss-reactive ketones (excluding diaryl/α,β-unsaturated/α-hetero) is 1. The summed E-state index contributed by atoms with van der Waals surface area (Å²) in [5.74, 6) is -1.05. The normalized spacial score (nSPS) is 31.7. The fourth-order valence-corrected chi connectivity index (χ4v) is 10.2. The zero-order valence-electron chi connectivity index (χ0n) is 31.6. The molecule has 9 rings (SSSR count). The van der Waals surface area contributed by atoms with Crippen LogP contribution in [-0.4, -0.2) is 131 Å². The zero-order chi connectivity index (χ0) is 43.5. The number of ether oxygens (including phenoxy) is 2. The number of anilines is 1. The fourth-order valence-electron chi connectivity index (χ4n) is 7.31. The molecule has 24 nitrogen and oxygen atoms in total. The Morgan fingerprint density at radius 1 is 0.903 bits per heavy atom. The minimum atomic E-state index is -4.47. The number of thiol groups is 1. The minimum absolute atomic E-state index is 0.0318. The first kappa shape index (κ1) is 42.7. The number of fused-ring (bicyclic) bond motifs is 4. The molecule has 0 aromatic carbocycles. The third kappa shape index (κ3) is 8.44. The highest BCUT2D eigenvalue weighted by atomic mass is 32.7. The van der Waals surface area contributed by atoms with E-state index < -0.39 is 87.8 Å². The Morgan fingerprint density at radius 3 is 2.21 bits per heavy atom. The van der Waals surface area contributed by atoms with Crippen LogP contribution in [-0.2, 0) is 77.8 Å². The van der Waals surface area contributed by atoms with Crippen LogP contribution in [0.3, 0.4) is 0 Å². The molecule has 30 heteroatoms. The standard InChI is InChI=1S/C32H33F2N13O11P2S2/c33-22-26-18(9-53-60(52,62)58-27-19(10-54-59(51,61)57-26)56-32(23(27)34)47-14-41-25-28(35)37-12-39-30(25)47)55-31(22)46-13-40-24-17(36-11-38-29(24)46)6-16(48)2-1-5-44-7-15(42-43-44)8-45-20(49)3-4-21(45)50/h3-4,7,11-14,18-19,22-23,26-27,31-32H,1-2,5-6,8-10H2,(H,51,61)(H,52,62)(H2,35,37,39)/t18-,19-,22-,23-,26-,27-,31-,32-,59?,60?/m1/s1. The topological polar surface area (TPSA) is 291 Å². The van der Waals surface area contributed by atoms with Crippen LogP contribution in [0.25, 0.3) is 22.3 Å². The molecular weight excluding hydrogens is 907 g/mol. The van der Waals surface area contributed by atoms with Gasteiger partial charge in [0, 0.05) is 25.1 Å². The summed E-state index contributed by atoms with van der Waals surface area (Å²) in [7, 11) is 0. The van der Waals surface area contributed by atoms with Crippen molar-refractivity contribution in [2.45, 2.75) is 81.6 Å². The molecule has 5 aromatic rings. The number of carbonyl (C=O) groups excluding carboxylic acids is 3. The number of ketones is 1. The number of nitrogen functional groups attached to an aromatic ring is 1. The van der Waals surface area contributed by atoms with E-state index in [2.05, 4.69) is 52.5 Å². The van der Waals surface area contributed by atoms with Gasteiger partial charge in [-0.3, -0.25) is 46.7 Å². The maximum absolute atomic E-state index is 16.5. The smallest absolute Gasteiger partial charge is 0.382 e. The minimum Gasteiger partial charge on any atom is -0.382 e. The Hall–Kier alpha value is -4.60. The summed E-state index contributed by atoms with van der Waals surface area (Å²) in [6, 6.07) is 0. The van der Waals surface area contributed by atoms with Gasteiger partial charge in [-0.05, 0) is 18.2 Å². The molecule has 0 spiro atoms. The Balaban J connectivity index is 0.859. The second kappa shape index (κ2) is 16.8. The van der Waals surface area contributed by atoms with Gasteiger partial charge in [0.15, 0.2) is 41.9 Å². The number of nitrogens with two attached hydrogens (primary N) is 1. The average Bonchev–Trinajstić information content (AvgIpc) is 4.09. The molecule has 3 N–H and O–H groups in total. The summed E-state index contributed by atoms with van der Waals surface area (Å²) in [5.41, 5.74) is 7.09. The maximum atomic E-state index is 16.5. The number of imidazole rings is 2. The van der Waals surface area contributed by atoms with E-state index in [-0.39, 0.29) is 59.0 Å². The van der Waals surface area contributed by atoms with Crippen LogP contribution in [0, 0.1) is 0 Å². The number of hydrogen-bond donors (Lipinski definition) is 3. The van der Waals surface area contributed by atoms with Crippen LogP contribution in [0.15, 0.2) is 43.7 Å². The molecule has 3 saturated heterocycles. The number of carbonyl (C=O) groups is 3. The second-order valence-corrected chi connectivity index (χ2v) is 20.0. The lowest BCUT2D eigenvalue weighted by Crippen LogP contribution is -2.37. The maximum Gasteiger partial charge on any atom is 0.386 e. The Morgan fingerprint density at radius 2 is 1.52 bits per heavy atom.